The van der Waals surface area contributed by atoms with Crippen molar-refractivity contribution in [1.29, 1.82) is 0 Å². The van der Waals surface area contributed by atoms with Gasteiger partial charge in [0.2, 0.25) is 12.3 Å². The number of nitrogens with zero attached hydrogens (tertiary/aromatic N) is 2. The van der Waals surface area contributed by atoms with Crippen LogP contribution in [0.15, 0.2) is 42.5 Å². The van der Waals surface area contributed by atoms with Crippen molar-refractivity contribution >= 4 is 23.9 Å². The molecule has 2 N–H and O–H groups in total. The van der Waals surface area contributed by atoms with Crippen LogP contribution in [0.4, 0.5) is 5.69 Å². The van der Waals surface area contributed by atoms with E-state index in [0.29, 0.717) is 23.7 Å². The standard InChI is InChI=1S/C19H25N3O4/c1-2-3-8-15(13-21(26)14-23)19(25)22-12-7-11-17(22)18(24)20-16-9-5-4-6-10-16/h4-7,9-11,14-15,17,26H,2-3,8,12-13H2,1H3,(H,20,24)/t15-,17+/m1/s1. The van der Waals surface area contributed by atoms with Gasteiger partial charge in [0.05, 0.1) is 12.5 Å². The van der Waals surface area contributed by atoms with Crippen molar-refractivity contribution in [1.82, 2.24) is 9.96 Å². The van der Waals surface area contributed by atoms with Crippen LogP contribution in [0.3, 0.4) is 0 Å². The van der Waals surface area contributed by atoms with Gasteiger partial charge in [-0.15, -0.1) is 0 Å². The number of unbranched alkanes of at least 4 members (excludes halogenated alkanes) is 1. The van der Waals surface area contributed by atoms with Gasteiger partial charge in [-0.1, -0.05) is 50.1 Å². The van der Waals surface area contributed by atoms with Gasteiger partial charge in [-0.3, -0.25) is 19.6 Å². The highest BCUT2D eigenvalue weighted by atomic mass is 16.5. The van der Waals surface area contributed by atoms with Gasteiger partial charge in [-0.05, 0) is 18.6 Å². The van der Waals surface area contributed by atoms with Crippen molar-refractivity contribution in [2.45, 2.75) is 32.2 Å². The summed E-state index contributed by atoms with van der Waals surface area (Å²) in [7, 11) is 0. The highest BCUT2D eigenvalue weighted by Gasteiger charge is 2.34. The molecule has 2 atom stereocenters. The summed E-state index contributed by atoms with van der Waals surface area (Å²) in [4.78, 5) is 37.7. The van der Waals surface area contributed by atoms with Crippen molar-refractivity contribution in [3.05, 3.63) is 42.5 Å². The molecule has 3 amide bonds. The van der Waals surface area contributed by atoms with Crippen molar-refractivity contribution in [3.63, 3.8) is 0 Å². The summed E-state index contributed by atoms with van der Waals surface area (Å²) in [6, 6.07) is 8.35. The summed E-state index contributed by atoms with van der Waals surface area (Å²) >= 11 is 0. The lowest BCUT2D eigenvalue weighted by Crippen LogP contribution is -2.47. The number of hydroxylamine groups is 2. The Labute approximate surface area is 153 Å². The summed E-state index contributed by atoms with van der Waals surface area (Å²) in [5.74, 6) is -1.07. The van der Waals surface area contributed by atoms with Gasteiger partial charge in [0.1, 0.15) is 6.04 Å². The molecule has 0 saturated carbocycles. The number of nitrogens with one attached hydrogen (secondary N) is 1. The first kappa shape index (κ1) is 19.7. The SMILES string of the molecule is CCCC[C@H](CN(O)C=O)C(=O)N1CC=C[C@H]1C(=O)Nc1ccccc1. The molecule has 26 heavy (non-hydrogen) atoms. The first-order valence-corrected chi connectivity index (χ1v) is 8.80. The van der Waals surface area contributed by atoms with Crippen LogP contribution in [0.25, 0.3) is 0 Å². The zero-order valence-corrected chi connectivity index (χ0v) is 14.9. The van der Waals surface area contributed by atoms with Crippen molar-refractivity contribution in [3.8, 4) is 0 Å². The number of anilines is 1. The van der Waals surface area contributed by atoms with E-state index in [2.05, 4.69) is 5.32 Å². The predicted molar refractivity (Wildman–Crippen MR) is 97.3 cm³/mol. The average Bonchev–Trinajstić information content (AvgIpc) is 3.15. The zero-order chi connectivity index (χ0) is 18.9. The van der Waals surface area contributed by atoms with E-state index in [4.69, 9.17) is 0 Å². The molecule has 0 fully saturated rings. The Morgan fingerprint density at radius 2 is 2.12 bits per heavy atom. The maximum absolute atomic E-state index is 12.9. The second kappa shape index (κ2) is 9.72. The molecule has 1 aromatic rings. The molecule has 0 aliphatic carbocycles. The highest BCUT2D eigenvalue weighted by molar-refractivity contribution is 5.99. The molecule has 1 heterocycles. The van der Waals surface area contributed by atoms with Crippen LogP contribution in [0.5, 0.6) is 0 Å². The third-order valence-electron chi connectivity index (χ3n) is 4.33. The molecule has 7 heteroatoms. The maximum Gasteiger partial charge on any atom is 0.251 e. The van der Waals surface area contributed by atoms with Crippen molar-refractivity contribution in [2.24, 2.45) is 5.92 Å². The van der Waals surface area contributed by atoms with E-state index in [0.717, 1.165) is 12.8 Å². The molecule has 1 aromatic carbocycles. The Kier molecular flexibility index (Phi) is 7.35. The average molecular weight is 359 g/mol. The molecule has 0 aromatic heterocycles. The minimum Gasteiger partial charge on any atom is -0.324 e. The lowest BCUT2D eigenvalue weighted by molar-refractivity contribution is -0.157. The number of hydrogen-bond donors (Lipinski definition) is 2. The second-order valence-electron chi connectivity index (χ2n) is 6.29. The number of carbonyl (C=O) groups excluding carboxylic acids is 3. The monoisotopic (exact) mass is 359 g/mol. The Morgan fingerprint density at radius 1 is 1.38 bits per heavy atom. The summed E-state index contributed by atoms with van der Waals surface area (Å²) in [5.41, 5.74) is 0.662. The van der Waals surface area contributed by atoms with Gasteiger partial charge < -0.3 is 10.2 Å². The summed E-state index contributed by atoms with van der Waals surface area (Å²) in [6.07, 6.45) is 6.00. The minimum atomic E-state index is -0.699. The normalized spacial score (nSPS) is 17.0. The van der Waals surface area contributed by atoms with Crippen molar-refractivity contribution < 1.29 is 19.6 Å². The summed E-state index contributed by atoms with van der Waals surface area (Å²) in [5, 5.41) is 12.8. The second-order valence-corrected chi connectivity index (χ2v) is 6.29. The lowest BCUT2D eigenvalue weighted by Gasteiger charge is -2.29. The Bertz CT molecular complexity index is 647. The molecule has 0 spiro atoms. The quantitative estimate of drug-likeness (QED) is 0.306. The van der Waals surface area contributed by atoms with E-state index < -0.39 is 12.0 Å². The summed E-state index contributed by atoms with van der Waals surface area (Å²) < 4.78 is 0. The van der Waals surface area contributed by atoms with Gasteiger partial charge in [-0.25, -0.2) is 5.06 Å². The maximum atomic E-state index is 12.9. The fourth-order valence-electron chi connectivity index (χ4n) is 2.96. The smallest absolute Gasteiger partial charge is 0.251 e. The van der Waals surface area contributed by atoms with Gasteiger partial charge in [0, 0.05) is 12.2 Å². The fourth-order valence-corrected chi connectivity index (χ4v) is 2.96. The molecular weight excluding hydrogens is 334 g/mol. The van der Waals surface area contributed by atoms with Crippen LogP contribution in [-0.4, -0.2) is 52.5 Å². The fraction of sp³-hybridized carbons (Fsp3) is 0.421. The molecule has 1 aliphatic rings. The topological polar surface area (TPSA) is 90.0 Å². The molecule has 0 saturated heterocycles. The molecular formula is C19H25N3O4. The van der Waals surface area contributed by atoms with E-state index in [1.807, 2.05) is 25.1 Å². The van der Waals surface area contributed by atoms with E-state index in [1.54, 1.807) is 24.3 Å². The number of para-hydroxylation sites is 1. The van der Waals surface area contributed by atoms with Crippen LogP contribution in [0.2, 0.25) is 0 Å². The molecule has 0 radical (unpaired) electrons. The van der Waals surface area contributed by atoms with Crippen LogP contribution in [0, 0.1) is 5.92 Å². The molecule has 0 bridgehead atoms. The Balaban J connectivity index is 2.07. The molecule has 7 nitrogen and oxygen atoms in total. The Hall–Kier alpha value is -2.67. The molecule has 2 rings (SSSR count). The number of hydrogen-bond acceptors (Lipinski definition) is 4. The minimum absolute atomic E-state index is 0.0775. The predicted octanol–water partition coefficient (Wildman–Crippen LogP) is 2.05. The number of carbonyl (C=O) groups is 3. The van der Waals surface area contributed by atoms with E-state index in [-0.39, 0.29) is 24.8 Å². The largest absolute Gasteiger partial charge is 0.324 e. The summed E-state index contributed by atoms with van der Waals surface area (Å²) in [6.45, 7) is 2.26. The first-order chi connectivity index (χ1) is 12.6. The molecule has 140 valence electrons. The molecule has 0 unspecified atom stereocenters. The third kappa shape index (κ3) is 5.16. The third-order valence-corrected chi connectivity index (χ3v) is 4.33. The zero-order valence-electron chi connectivity index (χ0n) is 14.9. The van der Waals surface area contributed by atoms with Crippen LogP contribution < -0.4 is 5.32 Å². The van der Waals surface area contributed by atoms with Gasteiger partial charge in [-0.2, -0.15) is 0 Å². The van der Waals surface area contributed by atoms with E-state index in [9.17, 15) is 19.6 Å². The van der Waals surface area contributed by atoms with Crippen LogP contribution >= 0.6 is 0 Å². The number of benzene rings is 1. The number of rotatable bonds is 9. The van der Waals surface area contributed by atoms with Gasteiger partial charge in [0.15, 0.2) is 0 Å². The van der Waals surface area contributed by atoms with Gasteiger partial charge >= 0.3 is 0 Å². The lowest BCUT2D eigenvalue weighted by atomic mass is 9.99. The first-order valence-electron chi connectivity index (χ1n) is 8.80. The molecule has 1 aliphatic heterocycles. The van der Waals surface area contributed by atoms with E-state index in [1.165, 1.54) is 4.90 Å². The van der Waals surface area contributed by atoms with E-state index >= 15 is 0 Å². The van der Waals surface area contributed by atoms with Gasteiger partial charge in [0.25, 0.3) is 5.91 Å². The number of amides is 3. The van der Waals surface area contributed by atoms with Crippen molar-refractivity contribution in [2.75, 3.05) is 18.4 Å². The highest BCUT2D eigenvalue weighted by Crippen LogP contribution is 2.20. The van der Waals surface area contributed by atoms with Crippen LogP contribution in [0.1, 0.15) is 26.2 Å². The van der Waals surface area contributed by atoms with Crippen LogP contribution in [-0.2, 0) is 14.4 Å². The Morgan fingerprint density at radius 3 is 2.77 bits per heavy atom.